The molecule has 1 aromatic carbocycles. The fourth-order valence-electron chi connectivity index (χ4n) is 1.48. The van der Waals surface area contributed by atoms with Crippen molar-refractivity contribution in [2.75, 3.05) is 33.9 Å². The normalized spacial score (nSPS) is 9.68. The van der Waals surface area contributed by atoms with Gasteiger partial charge in [-0.3, -0.25) is 4.79 Å². The summed E-state index contributed by atoms with van der Waals surface area (Å²) in [6, 6.07) is 3.94. The van der Waals surface area contributed by atoms with E-state index in [1.807, 2.05) is 0 Å². The van der Waals surface area contributed by atoms with Crippen molar-refractivity contribution in [3.05, 3.63) is 35.1 Å². The largest absolute Gasteiger partial charge is 0.383 e. The van der Waals surface area contributed by atoms with E-state index < -0.39 is 5.82 Å². The molecule has 0 aliphatic rings. The van der Waals surface area contributed by atoms with Crippen LogP contribution in [-0.4, -0.2) is 44.7 Å². The molecule has 102 valence electrons. The third-order valence-electron chi connectivity index (χ3n) is 2.51. The number of hydrogen-bond acceptors (Lipinski definition) is 3. The third kappa shape index (κ3) is 4.36. The average molecular weight is 264 g/mol. The lowest BCUT2D eigenvalue weighted by atomic mass is 10.1. The summed E-state index contributed by atoms with van der Waals surface area (Å²) in [6.45, 7) is 1.03. The molecule has 0 radical (unpaired) electrons. The van der Waals surface area contributed by atoms with E-state index in [-0.39, 0.29) is 18.0 Å². The van der Waals surface area contributed by atoms with Gasteiger partial charge in [-0.15, -0.1) is 0 Å². The molecule has 1 rings (SSSR count). The first-order valence-electron chi connectivity index (χ1n) is 5.83. The van der Waals surface area contributed by atoms with Gasteiger partial charge in [0.25, 0.3) is 5.91 Å². The van der Waals surface area contributed by atoms with Crippen LogP contribution in [0.15, 0.2) is 18.2 Å². The van der Waals surface area contributed by atoms with Crippen molar-refractivity contribution in [2.24, 2.45) is 5.73 Å². The fourth-order valence-corrected chi connectivity index (χ4v) is 1.48. The first-order chi connectivity index (χ1) is 9.10. The molecule has 0 unspecified atom stereocenters. The van der Waals surface area contributed by atoms with Crippen LogP contribution in [0.5, 0.6) is 0 Å². The Hall–Kier alpha value is -1.90. The van der Waals surface area contributed by atoms with Gasteiger partial charge in [-0.2, -0.15) is 0 Å². The molecule has 5 heteroatoms. The van der Waals surface area contributed by atoms with Crippen LogP contribution < -0.4 is 5.73 Å². The second-order valence-corrected chi connectivity index (χ2v) is 3.92. The zero-order valence-electron chi connectivity index (χ0n) is 11.1. The Labute approximate surface area is 112 Å². The Morgan fingerprint density at radius 2 is 2.26 bits per heavy atom. The minimum atomic E-state index is -0.471. The summed E-state index contributed by atoms with van der Waals surface area (Å²) >= 11 is 0. The molecule has 1 amide bonds. The molecular weight excluding hydrogens is 247 g/mol. The minimum absolute atomic E-state index is 0.185. The van der Waals surface area contributed by atoms with E-state index >= 15 is 0 Å². The maximum Gasteiger partial charge on any atom is 0.255 e. The number of ether oxygens (including phenoxy) is 1. The molecule has 4 nitrogen and oxygen atoms in total. The summed E-state index contributed by atoms with van der Waals surface area (Å²) in [5, 5.41) is 0. The van der Waals surface area contributed by atoms with Crippen molar-refractivity contribution in [2.45, 2.75) is 0 Å². The highest BCUT2D eigenvalue weighted by Crippen LogP contribution is 2.12. The predicted molar refractivity (Wildman–Crippen MR) is 71.2 cm³/mol. The van der Waals surface area contributed by atoms with Crippen LogP contribution in [0.1, 0.15) is 15.9 Å². The van der Waals surface area contributed by atoms with Crippen molar-refractivity contribution >= 4 is 5.91 Å². The molecule has 0 heterocycles. The zero-order chi connectivity index (χ0) is 14.3. The highest BCUT2D eigenvalue weighted by molar-refractivity contribution is 5.96. The van der Waals surface area contributed by atoms with Crippen LogP contribution in [0, 0.1) is 17.7 Å². The number of carbonyl (C=O) groups excluding carboxylic acids is 1. The maximum absolute atomic E-state index is 13.3. The molecule has 19 heavy (non-hydrogen) atoms. The summed E-state index contributed by atoms with van der Waals surface area (Å²) < 4.78 is 18.2. The number of rotatable bonds is 4. The number of nitrogens with zero attached hydrogens (tertiary/aromatic N) is 1. The van der Waals surface area contributed by atoms with Crippen LogP contribution in [-0.2, 0) is 4.74 Å². The number of methoxy groups -OCH3 is 1. The number of amides is 1. The van der Waals surface area contributed by atoms with Crippen LogP contribution in [0.25, 0.3) is 0 Å². The first kappa shape index (κ1) is 15.2. The van der Waals surface area contributed by atoms with Crippen molar-refractivity contribution < 1.29 is 13.9 Å². The first-order valence-corrected chi connectivity index (χ1v) is 5.83. The molecule has 0 atom stereocenters. The molecule has 0 spiro atoms. The van der Waals surface area contributed by atoms with Crippen molar-refractivity contribution in [3.63, 3.8) is 0 Å². The SMILES string of the molecule is COCCN(C)C(=O)c1cc(F)ccc1C#CCN. The molecule has 0 saturated carbocycles. The van der Waals surface area contributed by atoms with Gasteiger partial charge in [0.15, 0.2) is 0 Å². The van der Waals surface area contributed by atoms with E-state index in [4.69, 9.17) is 10.5 Å². The maximum atomic E-state index is 13.3. The van der Waals surface area contributed by atoms with Gasteiger partial charge in [0.05, 0.1) is 18.7 Å². The van der Waals surface area contributed by atoms with Gasteiger partial charge in [-0.25, -0.2) is 4.39 Å². The average Bonchev–Trinajstić information content (AvgIpc) is 2.42. The summed E-state index contributed by atoms with van der Waals surface area (Å²) in [5.74, 6) is 4.67. The second-order valence-electron chi connectivity index (χ2n) is 3.92. The predicted octanol–water partition coefficient (Wildman–Crippen LogP) is 0.854. The lowest BCUT2D eigenvalue weighted by molar-refractivity contribution is 0.0743. The van der Waals surface area contributed by atoms with Gasteiger partial charge in [0, 0.05) is 26.3 Å². The Bertz CT molecular complexity index is 506. The Balaban J connectivity index is 3.03. The van der Waals surface area contributed by atoms with Crippen LogP contribution in [0.3, 0.4) is 0 Å². The second kappa shape index (κ2) is 7.52. The molecule has 1 aromatic rings. The molecule has 0 saturated heterocycles. The number of hydrogen-bond donors (Lipinski definition) is 1. The Morgan fingerprint density at radius 1 is 1.53 bits per heavy atom. The number of halogens is 1. The van der Waals surface area contributed by atoms with E-state index in [0.29, 0.717) is 18.7 Å². The van der Waals surface area contributed by atoms with Crippen LogP contribution >= 0.6 is 0 Å². The molecule has 2 N–H and O–H groups in total. The van der Waals surface area contributed by atoms with Gasteiger partial charge >= 0.3 is 0 Å². The third-order valence-corrected chi connectivity index (χ3v) is 2.51. The van der Waals surface area contributed by atoms with Crippen LogP contribution in [0.2, 0.25) is 0 Å². The highest BCUT2D eigenvalue weighted by Gasteiger charge is 2.15. The van der Waals surface area contributed by atoms with Gasteiger partial charge in [0.2, 0.25) is 0 Å². The van der Waals surface area contributed by atoms with E-state index in [0.717, 1.165) is 0 Å². The summed E-state index contributed by atoms with van der Waals surface area (Å²) in [7, 11) is 3.19. The minimum Gasteiger partial charge on any atom is -0.383 e. The van der Waals surface area contributed by atoms with Gasteiger partial charge in [0.1, 0.15) is 5.82 Å². The number of likely N-dealkylation sites (N-methyl/N-ethyl adjacent to an activating group) is 1. The molecule has 0 aromatic heterocycles. The standard InChI is InChI=1S/C14H17FN2O2/c1-17(8-9-19-2)14(18)13-10-12(15)6-5-11(13)4-3-7-16/h5-6,10H,7-9,16H2,1-2H3. The van der Waals surface area contributed by atoms with Crippen LogP contribution in [0.4, 0.5) is 4.39 Å². The topological polar surface area (TPSA) is 55.6 Å². The van der Waals surface area contributed by atoms with Crippen molar-refractivity contribution in [1.82, 2.24) is 4.90 Å². The Kier molecular flexibility index (Phi) is 6.00. The zero-order valence-corrected chi connectivity index (χ0v) is 11.1. The number of benzene rings is 1. The summed E-state index contributed by atoms with van der Waals surface area (Å²) in [4.78, 5) is 13.7. The lowest BCUT2D eigenvalue weighted by Crippen LogP contribution is -2.30. The molecule has 0 aliphatic heterocycles. The quantitative estimate of drug-likeness (QED) is 0.820. The lowest BCUT2D eigenvalue weighted by Gasteiger charge is -2.17. The van der Waals surface area contributed by atoms with Crippen molar-refractivity contribution in [1.29, 1.82) is 0 Å². The summed E-state index contributed by atoms with van der Waals surface area (Å²) in [5.41, 5.74) is 6.01. The van der Waals surface area contributed by atoms with Gasteiger partial charge < -0.3 is 15.4 Å². The van der Waals surface area contributed by atoms with Gasteiger partial charge in [-0.1, -0.05) is 11.8 Å². The number of carbonyl (C=O) groups is 1. The molecule has 0 fully saturated rings. The smallest absolute Gasteiger partial charge is 0.255 e. The monoisotopic (exact) mass is 264 g/mol. The molecular formula is C14H17FN2O2. The van der Waals surface area contributed by atoms with E-state index in [1.54, 1.807) is 14.2 Å². The Morgan fingerprint density at radius 3 is 2.89 bits per heavy atom. The highest BCUT2D eigenvalue weighted by atomic mass is 19.1. The summed E-state index contributed by atoms with van der Waals surface area (Å²) in [6.07, 6.45) is 0. The van der Waals surface area contributed by atoms with Gasteiger partial charge in [-0.05, 0) is 18.2 Å². The number of nitrogens with two attached hydrogens (primary N) is 1. The van der Waals surface area contributed by atoms with E-state index in [2.05, 4.69) is 11.8 Å². The van der Waals surface area contributed by atoms with E-state index in [1.165, 1.54) is 23.1 Å². The fraction of sp³-hybridized carbons (Fsp3) is 0.357. The van der Waals surface area contributed by atoms with E-state index in [9.17, 15) is 9.18 Å². The molecule has 0 bridgehead atoms. The van der Waals surface area contributed by atoms with Crippen molar-refractivity contribution in [3.8, 4) is 11.8 Å². The molecule has 0 aliphatic carbocycles.